The summed E-state index contributed by atoms with van der Waals surface area (Å²) < 4.78 is 16.3. The van der Waals surface area contributed by atoms with Crippen LogP contribution in [0, 0.1) is 5.95 Å². The van der Waals surface area contributed by atoms with E-state index in [1.807, 2.05) is 6.92 Å². The van der Waals surface area contributed by atoms with Crippen LogP contribution in [0.25, 0.3) is 22.6 Å². The van der Waals surface area contributed by atoms with E-state index >= 15 is 0 Å². The van der Waals surface area contributed by atoms with E-state index in [9.17, 15) is 23.6 Å². The molecule has 13 heteroatoms. The van der Waals surface area contributed by atoms with Gasteiger partial charge in [-0.1, -0.05) is 6.92 Å². The first kappa shape index (κ1) is 27.5. The van der Waals surface area contributed by atoms with Gasteiger partial charge in [-0.15, -0.1) is 0 Å². The first-order valence-electron chi connectivity index (χ1n) is 14.3. The van der Waals surface area contributed by atoms with E-state index in [-0.39, 0.29) is 40.8 Å². The minimum Gasteiger partial charge on any atom is -0.343 e. The van der Waals surface area contributed by atoms with Crippen molar-refractivity contribution < 1.29 is 14.0 Å². The van der Waals surface area contributed by atoms with Crippen molar-refractivity contribution in [1.82, 2.24) is 34.0 Å². The Labute approximate surface area is 239 Å². The summed E-state index contributed by atoms with van der Waals surface area (Å²) in [4.78, 5) is 70.9. The Morgan fingerprint density at radius 3 is 2.57 bits per heavy atom. The Morgan fingerprint density at radius 2 is 1.93 bits per heavy atom. The SMILES string of the molecule is CCCn1c(=O)n(C2CC2)c(=O)c2[nH]c(-c3ccc(N(CCCN4CCCC4=O)C(=O)c4ccc(F)nc4)nc3)nc21. The number of aromatic nitrogens is 6. The van der Waals surface area contributed by atoms with Crippen LogP contribution in [-0.4, -0.2) is 65.4 Å². The number of likely N-dealkylation sites (tertiary alicyclic amines) is 1. The molecule has 2 aliphatic rings. The number of nitrogens with zero attached hydrogens (tertiary/aromatic N) is 7. The monoisotopic (exact) mass is 574 g/mol. The van der Waals surface area contributed by atoms with Crippen molar-refractivity contribution in [1.29, 1.82) is 0 Å². The molecule has 2 amide bonds. The third-order valence-electron chi connectivity index (χ3n) is 7.67. The molecule has 4 aromatic rings. The number of anilines is 1. The van der Waals surface area contributed by atoms with Crippen LogP contribution in [0.15, 0.2) is 46.2 Å². The van der Waals surface area contributed by atoms with Gasteiger partial charge in [0.2, 0.25) is 11.9 Å². The predicted octanol–water partition coefficient (Wildman–Crippen LogP) is 2.89. The molecule has 4 aromatic heterocycles. The van der Waals surface area contributed by atoms with Gasteiger partial charge in [-0.25, -0.2) is 19.7 Å². The molecule has 1 saturated carbocycles. The maximum atomic E-state index is 13.4. The molecule has 1 N–H and O–H groups in total. The van der Waals surface area contributed by atoms with E-state index < -0.39 is 11.9 Å². The van der Waals surface area contributed by atoms with E-state index in [2.05, 4.69) is 19.9 Å². The number of carbonyl (C=O) groups excluding carboxylic acids is 2. The number of H-pyrrole nitrogens is 1. The predicted molar refractivity (Wildman–Crippen MR) is 153 cm³/mol. The van der Waals surface area contributed by atoms with Gasteiger partial charge in [0.15, 0.2) is 5.65 Å². The Morgan fingerprint density at radius 1 is 1.10 bits per heavy atom. The lowest BCUT2D eigenvalue weighted by Crippen LogP contribution is -2.39. The molecule has 12 nitrogen and oxygen atoms in total. The molecule has 0 spiro atoms. The number of pyridine rings is 2. The fraction of sp³-hybridized carbons (Fsp3) is 0.414. The van der Waals surface area contributed by atoms with Crippen LogP contribution in [0.3, 0.4) is 0 Å². The van der Waals surface area contributed by atoms with Crippen LogP contribution in [0.1, 0.15) is 61.8 Å². The highest BCUT2D eigenvalue weighted by molar-refractivity contribution is 6.05. The van der Waals surface area contributed by atoms with Gasteiger partial charge in [-0.05, 0) is 56.4 Å². The van der Waals surface area contributed by atoms with Crippen molar-refractivity contribution in [2.24, 2.45) is 0 Å². The van der Waals surface area contributed by atoms with Crippen LogP contribution >= 0.6 is 0 Å². The molecule has 6 rings (SSSR count). The largest absolute Gasteiger partial charge is 0.343 e. The van der Waals surface area contributed by atoms with E-state index in [1.54, 1.807) is 27.8 Å². The molecule has 0 atom stereocenters. The van der Waals surface area contributed by atoms with Crippen molar-refractivity contribution in [3.63, 3.8) is 0 Å². The van der Waals surface area contributed by atoms with Gasteiger partial charge >= 0.3 is 5.69 Å². The van der Waals surface area contributed by atoms with Gasteiger partial charge in [0.05, 0.1) is 5.56 Å². The normalized spacial score (nSPS) is 15.1. The summed E-state index contributed by atoms with van der Waals surface area (Å²) in [7, 11) is 0. The Hall–Kier alpha value is -4.68. The highest BCUT2D eigenvalue weighted by Crippen LogP contribution is 2.32. The summed E-state index contributed by atoms with van der Waals surface area (Å²) in [5, 5.41) is 0. The summed E-state index contributed by atoms with van der Waals surface area (Å²) in [6.45, 7) is 3.89. The molecule has 1 aliphatic heterocycles. The Kier molecular flexibility index (Phi) is 7.40. The first-order chi connectivity index (χ1) is 20.4. The quantitative estimate of drug-likeness (QED) is 0.287. The van der Waals surface area contributed by atoms with Crippen LogP contribution < -0.4 is 16.1 Å². The molecule has 0 radical (unpaired) electrons. The van der Waals surface area contributed by atoms with E-state index in [1.165, 1.54) is 21.7 Å². The number of carbonyl (C=O) groups is 2. The molecular formula is C29H31FN8O4. The molecule has 218 valence electrons. The second-order valence-corrected chi connectivity index (χ2v) is 10.7. The van der Waals surface area contributed by atoms with Gasteiger partial charge in [-0.3, -0.25) is 28.4 Å². The molecule has 2 fully saturated rings. The van der Waals surface area contributed by atoms with E-state index in [0.29, 0.717) is 61.7 Å². The van der Waals surface area contributed by atoms with Crippen molar-refractivity contribution in [3.8, 4) is 11.4 Å². The van der Waals surface area contributed by atoms with Gasteiger partial charge in [0, 0.05) is 56.6 Å². The number of aryl methyl sites for hydroxylation is 1. The number of amides is 2. The third-order valence-corrected chi connectivity index (χ3v) is 7.67. The van der Waals surface area contributed by atoms with E-state index in [0.717, 1.165) is 25.3 Å². The topological polar surface area (TPSA) is 139 Å². The molecular weight excluding hydrogens is 543 g/mol. The lowest BCUT2D eigenvalue weighted by atomic mass is 10.2. The average molecular weight is 575 g/mol. The number of fused-ring (bicyclic) bond motifs is 1. The minimum atomic E-state index is -0.688. The smallest absolute Gasteiger partial charge is 0.333 e. The van der Waals surface area contributed by atoms with Crippen LogP contribution in [0.5, 0.6) is 0 Å². The summed E-state index contributed by atoms with van der Waals surface area (Å²) in [6.07, 6.45) is 6.93. The molecule has 5 heterocycles. The second kappa shape index (κ2) is 11.3. The summed E-state index contributed by atoms with van der Waals surface area (Å²) in [6, 6.07) is 5.82. The number of halogens is 1. The number of rotatable bonds is 10. The number of imidazole rings is 1. The fourth-order valence-electron chi connectivity index (χ4n) is 5.38. The molecule has 0 aromatic carbocycles. The molecule has 0 bridgehead atoms. The Bertz CT molecular complexity index is 1760. The number of hydrogen-bond acceptors (Lipinski definition) is 7. The van der Waals surface area contributed by atoms with Crippen LogP contribution in [0.4, 0.5) is 10.2 Å². The summed E-state index contributed by atoms with van der Waals surface area (Å²) >= 11 is 0. The number of aromatic amines is 1. The van der Waals surface area contributed by atoms with Crippen molar-refractivity contribution >= 4 is 28.8 Å². The lowest BCUT2D eigenvalue weighted by molar-refractivity contribution is -0.127. The van der Waals surface area contributed by atoms with E-state index in [4.69, 9.17) is 0 Å². The highest BCUT2D eigenvalue weighted by atomic mass is 19.1. The standard InChI is InChI=1S/C29H31FN8O4/c1-2-12-37-26-24(28(41)38(29(37)42)20-8-9-20)33-25(34-26)18-7-11-22(32-16-18)36(15-4-14-35-13-3-5-23(35)39)27(40)19-6-10-21(30)31-17-19/h6-7,10-11,16-17,20H,2-5,8-9,12-15H2,1H3,(H,33,34). The Balaban J connectivity index is 1.31. The molecule has 1 saturated heterocycles. The minimum absolute atomic E-state index is 0.0753. The number of hydrogen-bond donors (Lipinski definition) is 1. The van der Waals surface area contributed by atoms with Crippen molar-refractivity contribution in [2.75, 3.05) is 24.5 Å². The maximum Gasteiger partial charge on any atom is 0.333 e. The highest BCUT2D eigenvalue weighted by Gasteiger charge is 2.30. The molecule has 1 aliphatic carbocycles. The van der Waals surface area contributed by atoms with Crippen LogP contribution in [0.2, 0.25) is 0 Å². The van der Waals surface area contributed by atoms with Crippen LogP contribution in [-0.2, 0) is 11.3 Å². The zero-order valence-corrected chi connectivity index (χ0v) is 23.3. The molecule has 0 unspecified atom stereocenters. The summed E-state index contributed by atoms with van der Waals surface area (Å²) in [5.41, 5.74) is 0.628. The summed E-state index contributed by atoms with van der Waals surface area (Å²) in [5.74, 6) is -0.240. The zero-order valence-electron chi connectivity index (χ0n) is 23.3. The number of nitrogens with one attached hydrogen (secondary N) is 1. The van der Waals surface area contributed by atoms with Gasteiger partial charge in [0.25, 0.3) is 11.5 Å². The van der Waals surface area contributed by atoms with Crippen molar-refractivity contribution in [3.05, 3.63) is 69.0 Å². The average Bonchev–Trinajstić information content (AvgIpc) is 3.58. The molecule has 42 heavy (non-hydrogen) atoms. The first-order valence-corrected chi connectivity index (χ1v) is 14.3. The second-order valence-electron chi connectivity index (χ2n) is 10.7. The third kappa shape index (κ3) is 5.21. The fourth-order valence-corrected chi connectivity index (χ4v) is 5.38. The van der Waals surface area contributed by atoms with Gasteiger partial charge < -0.3 is 9.88 Å². The van der Waals surface area contributed by atoms with Gasteiger partial charge in [0.1, 0.15) is 17.2 Å². The maximum absolute atomic E-state index is 13.4. The lowest BCUT2D eigenvalue weighted by Gasteiger charge is -2.23. The zero-order chi connectivity index (χ0) is 29.4. The van der Waals surface area contributed by atoms with Crippen molar-refractivity contribution in [2.45, 2.75) is 58.0 Å². The van der Waals surface area contributed by atoms with Gasteiger partial charge in [-0.2, -0.15) is 4.39 Å².